The zero-order chi connectivity index (χ0) is 19.4. The van der Waals surface area contributed by atoms with Gasteiger partial charge in [-0.2, -0.15) is 0 Å². The molecule has 0 aliphatic carbocycles. The summed E-state index contributed by atoms with van der Waals surface area (Å²) in [5.74, 6) is -0.916. The number of hydrogen-bond acceptors (Lipinski definition) is 6. The molecule has 27 heavy (non-hydrogen) atoms. The Morgan fingerprint density at radius 3 is 2.70 bits per heavy atom. The van der Waals surface area contributed by atoms with E-state index in [1.807, 2.05) is 17.5 Å². The van der Waals surface area contributed by atoms with Crippen molar-refractivity contribution in [1.29, 1.82) is 0 Å². The number of rotatable bonds is 7. The second kappa shape index (κ2) is 8.37. The van der Waals surface area contributed by atoms with Gasteiger partial charge < -0.3 is 19.5 Å². The first-order valence-corrected chi connectivity index (χ1v) is 9.41. The van der Waals surface area contributed by atoms with Crippen molar-refractivity contribution in [3.63, 3.8) is 0 Å². The van der Waals surface area contributed by atoms with E-state index in [-0.39, 0.29) is 11.3 Å². The van der Waals surface area contributed by atoms with Crippen LogP contribution < -0.4 is 4.74 Å². The zero-order valence-corrected chi connectivity index (χ0v) is 16.0. The lowest BCUT2D eigenvalue weighted by molar-refractivity contribution is -0.140. The van der Waals surface area contributed by atoms with Crippen LogP contribution in [0.2, 0.25) is 0 Å². The Balaban J connectivity index is 2.08. The van der Waals surface area contributed by atoms with Gasteiger partial charge in [0.1, 0.15) is 11.5 Å². The molecule has 2 heterocycles. The third kappa shape index (κ3) is 3.74. The number of amides is 1. The molecule has 0 radical (unpaired) electrons. The van der Waals surface area contributed by atoms with E-state index in [0.717, 1.165) is 4.88 Å². The first-order valence-electron chi connectivity index (χ1n) is 8.53. The number of ether oxygens (including phenoxy) is 2. The quantitative estimate of drug-likeness (QED) is 0.342. The molecule has 1 atom stereocenters. The summed E-state index contributed by atoms with van der Waals surface area (Å²) in [5, 5.41) is 12.8. The second-order valence-electron chi connectivity index (χ2n) is 6.09. The summed E-state index contributed by atoms with van der Waals surface area (Å²) in [4.78, 5) is 27.7. The number of Topliss-reactive ketones (excluding diaryl/α,β-unsaturated/α-hetero) is 1. The van der Waals surface area contributed by atoms with Crippen LogP contribution in [-0.4, -0.2) is 49.1 Å². The van der Waals surface area contributed by atoms with E-state index in [1.54, 1.807) is 31.4 Å². The Kier molecular flexibility index (Phi) is 5.93. The molecule has 1 amide bonds. The summed E-state index contributed by atoms with van der Waals surface area (Å²) in [7, 11) is 3.12. The van der Waals surface area contributed by atoms with E-state index < -0.39 is 17.7 Å². The number of carbonyl (C=O) groups excluding carboxylic acids is 2. The van der Waals surface area contributed by atoms with Gasteiger partial charge in [-0.25, -0.2) is 0 Å². The van der Waals surface area contributed by atoms with Crippen molar-refractivity contribution in [1.82, 2.24) is 4.90 Å². The van der Waals surface area contributed by atoms with E-state index in [1.165, 1.54) is 23.3 Å². The van der Waals surface area contributed by atoms with Gasteiger partial charge in [0, 0.05) is 30.7 Å². The van der Waals surface area contributed by atoms with Crippen molar-refractivity contribution in [3.8, 4) is 5.75 Å². The lowest BCUT2D eigenvalue weighted by Crippen LogP contribution is -2.31. The molecule has 2 aromatic rings. The van der Waals surface area contributed by atoms with Crippen LogP contribution in [0, 0.1) is 0 Å². The van der Waals surface area contributed by atoms with Crippen molar-refractivity contribution >= 4 is 28.8 Å². The molecule has 0 saturated carbocycles. The molecule has 7 heteroatoms. The van der Waals surface area contributed by atoms with Crippen LogP contribution in [0.4, 0.5) is 0 Å². The van der Waals surface area contributed by atoms with Crippen molar-refractivity contribution in [2.45, 2.75) is 12.5 Å². The van der Waals surface area contributed by atoms with Crippen LogP contribution in [0.3, 0.4) is 0 Å². The number of ketones is 1. The fourth-order valence-electron chi connectivity index (χ4n) is 3.16. The normalized spacial score (nSPS) is 18.9. The van der Waals surface area contributed by atoms with Crippen LogP contribution in [0.25, 0.3) is 5.76 Å². The predicted molar refractivity (Wildman–Crippen MR) is 103 cm³/mol. The minimum Gasteiger partial charge on any atom is -0.507 e. The monoisotopic (exact) mass is 387 g/mol. The summed E-state index contributed by atoms with van der Waals surface area (Å²) in [6, 6.07) is 9.91. The van der Waals surface area contributed by atoms with Crippen molar-refractivity contribution in [2.24, 2.45) is 0 Å². The third-order valence-corrected chi connectivity index (χ3v) is 5.37. The Bertz CT molecular complexity index is 859. The smallest absolute Gasteiger partial charge is 0.295 e. The Morgan fingerprint density at radius 1 is 1.22 bits per heavy atom. The highest BCUT2D eigenvalue weighted by molar-refractivity contribution is 7.10. The Labute approximate surface area is 161 Å². The highest BCUT2D eigenvalue weighted by Crippen LogP contribution is 2.41. The Hall–Kier alpha value is -2.64. The number of carbonyl (C=O) groups is 2. The summed E-state index contributed by atoms with van der Waals surface area (Å²) < 4.78 is 10.3. The van der Waals surface area contributed by atoms with E-state index in [9.17, 15) is 14.7 Å². The standard InChI is InChI=1S/C20H21NO5S/c1-25-10-5-9-21-17(15-8-4-11-27-15)16(19(23)20(21)24)18(22)13-6-3-7-14(12-13)26-2/h3-4,6-8,11-12,17,22H,5,9-10H2,1-2H3/b18-16-. The number of likely N-dealkylation sites (tertiary alicyclic amines) is 1. The van der Waals surface area contributed by atoms with Crippen molar-refractivity contribution in [3.05, 3.63) is 57.8 Å². The number of aliphatic hydroxyl groups is 1. The molecule has 1 unspecified atom stereocenters. The van der Waals surface area contributed by atoms with Crippen molar-refractivity contribution < 1.29 is 24.2 Å². The van der Waals surface area contributed by atoms with Crippen LogP contribution in [0.5, 0.6) is 5.75 Å². The van der Waals surface area contributed by atoms with Gasteiger partial charge in [0.15, 0.2) is 0 Å². The molecule has 1 N–H and O–H groups in total. The maximum atomic E-state index is 12.8. The van der Waals surface area contributed by atoms with Gasteiger partial charge in [0.2, 0.25) is 0 Å². The minimum atomic E-state index is -0.675. The fourth-order valence-corrected chi connectivity index (χ4v) is 4.00. The summed E-state index contributed by atoms with van der Waals surface area (Å²) in [6.07, 6.45) is 0.602. The van der Waals surface area contributed by atoms with Gasteiger partial charge >= 0.3 is 0 Å². The number of aliphatic hydroxyl groups excluding tert-OH is 1. The highest BCUT2D eigenvalue weighted by atomic mass is 32.1. The molecule has 0 spiro atoms. The molecule has 0 bridgehead atoms. The zero-order valence-electron chi connectivity index (χ0n) is 15.2. The molecular weight excluding hydrogens is 366 g/mol. The maximum Gasteiger partial charge on any atom is 0.295 e. The lowest BCUT2D eigenvalue weighted by Gasteiger charge is -2.24. The number of benzene rings is 1. The number of thiophene rings is 1. The lowest BCUT2D eigenvalue weighted by atomic mass is 9.99. The minimum absolute atomic E-state index is 0.105. The SMILES string of the molecule is COCCCN1C(=O)C(=O)/C(=C(\O)c2cccc(OC)c2)C1c1cccs1. The van der Waals surface area contributed by atoms with Crippen LogP contribution in [0.1, 0.15) is 22.9 Å². The molecule has 1 saturated heterocycles. The van der Waals surface area contributed by atoms with Gasteiger partial charge in [-0.15, -0.1) is 11.3 Å². The van der Waals surface area contributed by atoms with E-state index >= 15 is 0 Å². The fraction of sp³-hybridized carbons (Fsp3) is 0.300. The number of methoxy groups -OCH3 is 2. The molecule has 1 aliphatic heterocycles. The third-order valence-electron chi connectivity index (χ3n) is 4.44. The largest absolute Gasteiger partial charge is 0.507 e. The summed E-state index contributed by atoms with van der Waals surface area (Å²) in [5.41, 5.74) is 0.541. The maximum absolute atomic E-state index is 12.8. The van der Waals surface area contributed by atoms with Gasteiger partial charge in [0.25, 0.3) is 11.7 Å². The molecule has 1 aromatic heterocycles. The van der Waals surface area contributed by atoms with Crippen LogP contribution >= 0.6 is 11.3 Å². The number of hydrogen-bond donors (Lipinski definition) is 1. The second-order valence-corrected chi connectivity index (χ2v) is 7.07. The summed E-state index contributed by atoms with van der Waals surface area (Å²) >= 11 is 1.44. The molecule has 142 valence electrons. The number of nitrogens with zero attached hydrogens (tertiary/aromatic N) is 1. The average molecular weight is 387 g/mol. The average Bonchev–Trinajstić information content (AvgIpc) is 3.30. The van der Waals surface area contributed by atoms with Gasteiger partial charge in [-0.05, 0) is 30.0 Å². The first-order chi connectivity index (χ1) is 13.1. The van der Waals surface area contributed by atoms with Gasteiger partial charge in [-0.3, -0.25) is 9.59 Å². The van der Waals surface area contributed by atoms with Crippen molar-refractivity contribution in [2.75, 3.05) is 27.4 Å². The molecule has 1 aromatic carbocycles. The van der Waals surface area contributed by atoms with E-state index in [2.05, 4.69) is 0 Å². The van der Waals surface area contributed by atoms with E-state index in [4.69, 9.17) is 9.47 Å². The first kappa shape index (κ1) is 19.1. The molecule has 1 fully saturated rings. The van der Waals surface area contributed by atoms with Crippen LogP contribution in [-0.2, 0) is 14.3 Å². The van der Waals surface area contributed by atoms with Crippen LogP contribution in [0.15, 0.2) is 47.4 Å². The topological polar surface area (TPSA) is 76.1 Å². The van der Waals surface area contributed by atoms with Gasteiger partial charge in [-0.1, -0.05) is 18.2 Å². The molecule has 3 rings (SSSR count). The van der Waals surface area contributed by atoms with E-state index in [0.29, 0.717) is 30.9 Å². The predicted octanol–water partition coefficient (Wildman–Crippen LogP) is 3.21. The Morgan fingerprint density at radius 2 is 2.04 bits per heavy atom. The molecular formula is C20H21NO5S. The molecule has 6 nitrogen and oxygen atoms in total. The summed E-state index contributed by atoms with van der Waals surface area (Å²) in [6.45, 7) is 0.853. The highest BCUT2D eigenvalue weighted by Gasteiger charge is 2.46. The molecule has 1 aliphatic rings. The van der Waals surface area contributed by atoms with Gasteiger partial charge in [0.05, 0.1) is 18.7 Å².